The predicted octanol–water partition coefficient (Wildman–Crippen LogP) is 5.27. The molecule has 4 atom stereocenters. The zero-order valence-electron chi connectivity index (χ0n) is 23.2. The number of ether oxygens (including phenoxy) is 5. The van der Waals surface area contributed by atoms with Crippen molar-refractivity contribution in [2.24, 2.45) is 0 Å². The van der Waals surface area contributed by atoms with Gasteiger partial charge >= 0.3 is 23.9 Å². The van der Waals surface area contributed by atoms with Crippen molar-refractivity contribution in [3.05, 3.63) is 144 Å². The number of benzene rings is 4. The highest BCUT2D eigenvalue weighted by atomic mass is 16.8. The SMILES string of the molecule is C[C@]1(OC(=O)c2ccccc2)[C@@H](OC(=O)c2ccccc2)O[C@H](COC(=O)c2ccccc2)[C@H]1OC(=O)c1ccccc1. The first kappa shape index (κ1) is 29.2. The Hall–Kier alpha value is -5.28. The summed E-state index contributed by atoms with van der Waals surface area (Å²) in [7, 11) is 0. The highest BCUT2D eigenvalue weighted by Crippen LogP contribution is 2.39. The minimum absolute atomic E-state index is 0.212. The average molecular weight is 581 g/mol. The molecule has 9 nitrogen and oxygen atoms in total. The molecule has 1 fully saturated rings. The first-order valence-electron chi connectivity index (χ1n) is 13.5. The molecule has 0 unspecified atom stereocenters. The van der Waals surface area contributed by atoms with Crippen molar-refractivity contribution >= 4 is 23.9 Å². The van der Waals surface area contributed by atoms with E-state index in [2.05, 4.69) is 0 Å². The standard InChI is InChI=1S/C34H28O9/c1-34(43-32(38)26-20-12-5-13-21-26)28(41-30(36)24-16-8-3-9-17-24)27(22-39-29(35)23-14-6-2-7-15-23)40-33(34)42-31(37)25-18-10-4-11-19-25/h2-21,27-28,33H,22H2,1H3/t27-,28-,33-,34-/m1/s1. The Labute approximate surface area is 247 Å². The molecule has 4 aromatic carbocycles. The van der Waals surface area contributed by atoms with E-state index in [1.54, 1.807) is 121 Å². The predicted molar refractivity (Wildman–Crippen MR) is 153 cm³/mol. The van der Waals surface area contributed by atoms with E-state index < -0.39 is 54.6 Å². The van der Waals surface area contributed by atoms with Crippen LogP contribution in [0.5, 0.6) is 0 Å². The zero-order valence-corrected chi connectivity index (χ0v) is 23.2. The molecule has 0 radical (unpaired) electrons. The number of carbonyl (C=O) groups excluding carboxylic acids is 4. The molecule has 9 heteroatoms. The third-order valence-corrected chi connectivity index (χ3v) is 6.85. The molecule has 0 spiro atoms. The van der Waals surface area contributed by atoms with Crippen LogP contribution >= 0.6 is 0 Å². The van der Waals surface area contributed by atoms with E-state index in [4.69, 9.17) is 23.7 Å². The largest absolute Gasteiger partial charge is 0.459 e. The monoisotopic (exact) mass is 580 g/mol. The molecule has 1 aliphatic heterocycles. The summed E-state index contributed by atoms with van der Waals surface area (Å²) < 4.78 is 29.1. The minimum atomic E-state index is -1.86. The zero-order chi connectivity index (χ0) is 30.2. The second-order valence-electron chi connectivity index (χ2n) is 9.87. The van der Waals surface area contributed by atoms with E-state index in [0.717, 1.165) is 0 Å². The maximum absolute atomic E-state index is 13.3. The van der Waals surface area contributed by atoms with Crippen LogP contribution in [-0.4, -0.2) is 54.6 Å². The normalized spacial score (nSPS) is 20.9. The number of esters is 4. The third-order valence-electron chi connectivity index (χ3n) is 6.85. The summed E-state index contributed by atoms with van der Waals surface area (Å²) in [6, 6.07) is 32.8. The molecule has 0 N–H and O–H groups in total. The third kappa shape index (κ3) is 6.79. The van der Waals surface area contributed by atoms with Crippen molar-refractivity contribution in [2.75, 3.05) is 6.61 Å². The van der Waals surface area contributed by atoms with Gasteiger partial charge in [0.15, 0.2) is 6.10 Å². The van der Waals surface area contributed by atoms with Crippen LogP contribution in [0.1, 0.15) is 48.4 Å². The average Bonchev–Trinajstić information content (AvgIpc) is 3.30. The molecule has 1 saturated heterocycles. The van der Waals surface area contributed by atoms with Gasteiger partial charge in [-0.15, -0.1) is 0 Å². The summed E-state index contributed by atoms with van der Waals surface area (Å²) in [6.45, 7) is 1.04. The van der Waals surface area contributed by atoms with Crippen molar-refractivity contribution in [2.45, 2.75) is 31.0 Å². The van der Waals surface area contributed by atoms with Crippen molar-refractivity contribution < 1.29 is 42.9 Å². The van der Waals surface area contributed by atoms with Crippen molar-refractivity contribution in [1.29, 1.82) is 0 Å². The van der Waals surface area contributed by atoms with E-state index in [1.807, 2.05) is 0 Å². The Morgan fingerprint density at radius 3 is 1.44 bits per heavy atom. The Morgan fingerprint density at radius 1 is 0.581 bits per heavy atom. The van der Waals surface area contributed by atoms with Gasteiger partial charge in [-0.2, -0.15) is 0 Å². The molecule has 5 rings (SSSR count). The van der Waals surface area contributed by atoms with Gasteiger partial charge in [-0.25, -0.2) is 19.2 Å². The van der Waals surface area contributed by atoms with Gasteiger partial charge in [-0.05, 0) is 55.5 Å². The summed E-state index contributed by atoms with van der Waals surface area (Å²) in [5, 5.41) is 0. The summed E-state index contributed by atoms with van der Waals surface area (Å²) >= 11 is 0. The topological polar surface area (TPSA) is 114 Å². The number of hydrogen-bond donors (Lipinski definition) is 0. The van der Waals surface area contributed by atoms with Crippen molar-refractivity contribution in [3.63, 3.8) is 0 Å². The Morgan fingerprint density at radius 2 is 0.977 bits per heavy atom. The highest BCUT2D eigenvalue weighted by molar-refractivity contribution is 5.91. The first-order chi connectivity index (χ1) is 20.8. The van der Waals surface area contributed by atoms with Gasteiger partial charge in [0.25, 0.3) is 0 Å². The summed E-state index contributed by atoms with van der Waals surface area (Å²) in [5.41, 5.74) is -0.901. The molecule has 1 aliphatic rings. The van der Waals surface area contributed by atoms with Gasteiger partial charge in [0, 0.05) is 0 Å². The second-order valence-corrected chi connectivity index (χ2v) is 9.87. The molecule has 0 aromatic heterocycles. The van der Waals surface area contributed by atoms with Crippen LogP contribution < -0.4 is 0 Å². The lowest BCUT2D eigenvalue weighted by Gasteiger charge is -2.33. The first-order valence-corrected chi connectivity index (χ1v) is 13.5. The molecule has 0 saturated carbocycles. The summed E-state index contributed by atoms with van der Waals surface area (Å²) in [4.78, 5) is 52.5. The Bertz CT molecular complexity index is 1560. The minimum Gasteiger partial charge on any atom is -0.459 e. The molecule has 43 heavy (non-hydrogen) atoms. The fourth-order valence-corrected chi connectivity index (χ4v) is 4.58. The molecular formula is C34H28O9. The molecule has 0 aliphatic carbocycles. The lowest BCUT2D eigenvalue weighted by atomic mass is 9.96. The van der Waals surface area contributed by atoms with Gasteiger partial charge in [0.2, 0.25) is 11.9 Å². The molecule has 4 aromatic rings. The fraction of sp³-hybridized carbons (Fsp3) is 0.176. The Balaban J connectivity index is 1.48. The van der Waals surface area contributed by atoms with Crippen molar-refractivity contribution in [1.82, 2.24) is 0 Å². The van der Waals surface area contributed by atoms with Crippen LogP contribution in [0.2, 0.25) is 0 Å². The molecule has 1 heterocycles. The van der Waals surface area contributed by atoms with E-state index in [9.17, 15) is 19.2 Å². The van der Waals surface area contributed by atoms with E-state index >= 15 is 0 Å². The van der Waals surface area contributed by atoms with Gasteiger partial charge in [0.05, 0.1) is 22.3 Å². The quantitative estimate of drug-likeness (QED) is 0.193. The van der Waals surface area contributed by atoms with E-state index in [-0.39, 0.29) is 16.7 Å². The maximum atomic E-state index is 13.3. The Kier molecular flexibility index (Phi) is 8.93. The summed E-state index contributed by atoms with van der Waals surface area (Å²) in [5.74, 6) is -2.92. The van der Waals surface area contributed by atoms with Gasteiger partial charge in [-0.1, -0.05) is 72.8 Å². The van der Waals surface area contributed by atoms with E-state index in [0.29, 0.717) is 5.56 Å². The maximum Gasteiger partial charge on any atom is 0.340 e. The smallest absolute Gasteiger partial charge is 0.340 e. The molecule has 0 bridgehead atoms. The number of rotatable bonds is 9. The van der Waals surface area contributed by atoms with Gasteiger partial charge < -0.3 is 23.7 Å². The van der Waals surface area contributed by atoms with Crippen LogP contribution in [0, 0.1) is 0 Å². The lowest BCUT2D eigenvalue weighted by Crippen LogP contribution is -2.53. The van der Waals surface area contributed by atoms with Crippen molar-refractivity contribution in [3.8, 4) is 0 Å². The van der Waals surface area contributed by atoms with Crippen LogP contribution in [0.25, 0.3) is 0 Å². The van der Waals surface area contributed by atoms with Crippen LogP contribution in [0.3, 0.4) is 0 Å². The molecule has 218 valence electrons. The number of carbonyl (C=O) groups is 4. The van der Waals surface area contributed by atoms with Crippen LogP contribution in [0.4, 0.5) is 0 Å². The second kappa shape index (κ2) is 13.1. The van der Waals surface area contributed by atoms with Gasteiger partial charge in [-0.3, -0.25) is 0 Å². The lowest BCUT2D eigenvalue weighted by molar-refractivity contribution is -0.175. The summed E-state index contributed by atoms with van der Waals surface area (Å²) in [6.07, 6.45) is -4.07. The molecule has 0 amide bonds. The fourth-order valence-electron chi connectivity index (χ4n) is 4.58. The van der Waals surface area contributed by atoms with Gasteiger partial charge in [0.1, 0.15) is 12.7 Å². The number of hydrogen-bond acceptors (Lipinski definition) is 9. The van der Waals surface area contributed by atoms with Crippen LogP contribution in [-0.2, 0) is 23.7 Å². The molecular weight excluding hydrogens is 552 g/mol. The van der Waals surface area contributed by atoms with E-state index in [1.165, 1.54) is 6.92 Å². The highest BCUT2D eigenvalue weighted by Gasteiger charge is 2.61. The van der Waals surface area contributed by atoms with Crippen LogP contribution in [0.15, 0.2) is 121 Å².